The van der Waals surface area contributed by atoms with E-state index in [2.05, 4.69) is 85.9 Å². The van der Waals surface area contributed by atoms with Crippen LogP contribution in [0, 0.1) is 13.8 Å². The highest BCUT2D eigenvalue weighted by Crippen LogP contribution is 2.14. The van der Waals surface area contributed by atoms with E-state index in [0.29, 0.717) is 5.11 Å². The lowest BCUT2D eigenvalue weighted by Crippen LogP contribution is -2.28. The van der Waals surface area contributed by atoms with Gasteiger partial charge in [-0.2, -0.15) is 0 Å². The van der Waals surface area contributed by atoms with Gasteiger partial charge < -0.3 is 15.5 Å². The van der Waals surface area contributed by atoms with Gasteiger partial charge in [0.05, 0.1) is 0 Å². The van der Waals surface area contributed by atoms with Gasteiger partial charge in [-0.3, -0.25) is 0 Å². The molecule has 0 fully saturated rings. The van der Waals surface area contributed by atoms with Crippen molar-refractivity contribution in [3.63, 3.8) is 0 Å². The summed E-state index contributed by atoms with van der Waals surface area (Å²) < 4.78 is 0. The van der Waals surface area contributed by atoms with Crippen molar-refractivity contribution in [1.29, 1.82) is 0 Å². The van der Waals surface area contributed by atoms with E-state index < -0.39 is 0 Å². The summed E-state index contributed by atoms with van der Waals surface area (Å²) in [6.45, 7) is 5.86. The van der Waals surface area contributed by atoms with Crippen molar-refractivity contribution in [2.75, 3.05) is 19.4 Å². The molecule has 0 saturated carbocycles. The molecule has 0 aliphatic rings. The van der Waals surface area contributed by atoms with Crippen molar-refractivity contribution in [2.24, 2.45) is 0 Å². The van der Waals surface area contributed by atoms with E-state index in [1.165, 1.54) is 22.3 Å². The highest BCUT2D eigenvalue weighted by molar-refractivity contribution is 7.80. The highest BCUT2D eigenvalue weighted by Gasteiger charge is 2.04. The molecule has 0 bridgehead atoms. The molecule has 0 aromatic heterocycles. The molecule has 2 aromatic carbocycles. The molecular formula is C19H25N3S. The Bertz CT molecular complexity index is 680. The molecule has 0 amide bonds. The van der Waals surface area contributed by atoms with Gasteiger partial charge in [-0.05, 0) is 74.5 Å². The topological polar surface area (TPSA) is 27.3 Å². The van der Waals surface area contributed by atoms with Gasteiger partial charge in [0.15, 0.2) is 5.11 Å². The molecule has 0 radical (unpaired) electrons. The molecule has 3 nitrogen and oxygen atoms in total. The number of nitrogens with zero attached hydrogens (tertiary/aromatic N) is 1. The summed E-state index contributed by atoms with van der Waals surface area (Å²) in [7, 11) is 4.16. The molecule has 0 aliphatic carbocycles. The quantitative estimate of drug-likeness (QED) is 0.816. The SMILES string of the molecule is Cc1ccc(NC(=S)NCc2ccccc2CN(C)C)cc1C. The number of rotatable bonds is 5. The molecule has 4 heteroatoms. The zero-order valence-electron chi connectivity index (χ0n) is 14.3. The number of thiocarbonyl (C=S) groups is 1. The third-order valence-electron chi connectivity index (χ3n) is 3.81. The van der Waals surface area contributed by atoms with E-state index in [4.69, 9.17) is 12.2 Å². The monoisotopic (exact) mass is 327 g/mol. The van der Waals surface area contributed by atoms with Crippen LogP contribution in [-0.4, -0.2) is 24.1 Å². The minimum Gasteiger partial charge on any atom is -0.358 e. The van der Waals surface area contributed by atoms with Crippen molar-refractivity contribution in [1.82, 2.24) is 10.2 Å². The van der Waals surface area contributed by atoms with Crippen LogP contribution in [0.15, 0.2) is 42.5 Å². The van der Waals surface area contributed by atoms with E-state index in [-0.39, 0.29) is 0 Å². The van der Waals surface area contributed by atoms with E-state index in [1.807, 2.05) is 0 Å². The summed E-state index contributed by atoms with van der Waals surface area (Å²) in [4.78, 5) is 2.17. The summed E-state index contributed by atoms with van der Waals surface area (Å²) in [5.41, 5.74) is 6.15. The molecule has 0 atom stereocenters. The molecule has 0 spiro atoms. The predicted octanol–water partition coefficient (Wildman–Crippen LogP) is 3.85. The first kappa shape index (κ1) is 17.4. The summed E-state index contributed by atoms with van der Waals surface area (Å²) in [6.07, 6.45) is 0. The lowest BCUT2D eigenvalue weighted by atomic mass is 10.1. The third kappa shape index (κ3) is 5.34. The second-order valence-corrected chi connectivity index (χ2v) is 6.52. The Hall–Kier alpha value is -1.91. The Morgan fingerprint density at radius 2 is 1.70 bits per heavy atom. The first-order chi connectivity index (χ1) is 11.0. The van der Waals surface area contributed by atoms with Crippen LogP contribution in [0.2, 0.25) is 0 Å². The fourth-order valence-corrected chi connectivity index (χ4v) is 2.58. The minimum absolute atomic E-state index is 0.646. The molecule has 0 heterocycles. The van der Waals surface area contributed by atoms with Gasteiger partial charge in [-0.1, -0.05) is 30.3 Å². The lowest BCUT2D eigenvalue weighted by molar-refractivity contribution is 0.401. The average Bonchev–Trinajstić information content (AvgIpc) is 2.49. The minimum atomic E-state index is 0.646. The molecule has 0 unspecified atom stereocenters. The first-order valence-corrected chi connectivity index (χ1v) is 8.20. The van der Waals surface area contributed by atoms with Gasteiger partial charge in [-0.15, -0.1) is 0 Å². The number of hydrogen-bond donors (Lipinski definition) is 2. The van der Waals surface area contributed by atoms with Crippen LogP contribution >= 0.6 is 12.2 Å². The van der Waals surface area contributed by atoms with Crippen LogP contribution in [0.1, 0.15) is 22.3 Å². The van der Waals surface area contributed by atoms with Gasteiger partial charge in [-0.25, -0.2) is 0 Å². The Morgan fingerprint density at radius 3 is 2.35 bits per heavy atom. The van der Waals surface area contributed by atoms with Crippen molar-refractivity contribution in [3.8, 4) is 0 Å². The van der Waals surface area contributed by atoms with Crippen LogP contribution in [0.4, 0.5) is 5.69 Å². The van der Waals surface area contributed by atoms with Crippen LogP contribution in [0.5, 0.6) is 0 Å². The molecule has 2 N–H and O–H groups in total. The Morgan fingerprint density at radius 1 is 1.00 bits per heavy atom. The van der Waals surface area contributed by atoms with Gasteiger partial charge in [0, 0.05) is 18.8 Å². The van der Waals surface area contributed by atoms with Crippen molar-refractivity contribution >= 4 is 23.0 Å². The van der Waals surface area contributed by atoms with Crippen LogP contribution in [-0.2, 0) is 13.1 Å². The molecular weight excluding hydrogens is 302 g/mol. The van der Waals surface area contributed by atoms with Gasteiger partial charge >= 0.3 is 0 Å². The Labute approximate surface area is 144 Å². The van der Waals surface area contributed by atoms with Crippen LogP contribution in [0.25, 0.3) is 0 Å². The number of nitrogens with one attached hydrogen (secondary N) is 2. The fourth-order valence-electron chi connectivity index (χ4n) is 2.39. The third-order valence-corrected chi connectivity index (χ3v) is 4.06. The lowest BCUT2D eigenvalue weighted by Gasteiger charge is -2.16. The van der Waals surface area contributed by atoms with Crippen molar-refractivity contribution in [3.05, 3.63) is 64.7 Å². The number of benzene rings is 2. The van der Waals surface area contributed by atoms with E-state index >= 15 is 0 Å². The van der Waals surface area contributed by atoms with E-state index in [9.17, 15) is 0 Å². The molecule has 23 heavy (non-hydrogen) atoms. The maximum atomic E-state index is 5.41. The standard InChI is InChI=1S/C19H25N3S/c1-14-9-10-18(11-15(14)2)21-19(23)20-12-16-7-5-6-8-17(16)13-22(3)4/h5-11H,12-13H2,1-4H3,(H2,20,21,23). The largest absolute Gasteiger partial charge is 0.358 e. The van der Waals surface area contributed by atoms with E-state index in [1.54, 1.807) is 0 Å². The predicted molar refractivity (Wildman–Crippen MR) is 103 cm³/mol. The summed E-state index contributed by atoms with van der Waals surface area (Å²) in [5.74, 6) is 0. The summed E-state index contributed by atoms with van der Waals surface area (Å²) in [5, 5.41) is 7.19. The summed E-state index contributed by atoms with van der Waals surface area (Å²) >= 11 is 5.41. The fraction of sp³-hybridized carbons (Fsp3) is 0.316. The smallest absolute Gasteiger partial charge is 0.171 e. The van der Waals surface area contributed by atoms with Crippen LogP contribution in [0.3, 0.4) is 0 Å². The van der Waals surface area contributed by atoms with Gasteiger partial charge in [0.25, 0.3) is 0 Å². The molecule has 0 aliphatic heterocycles. The maximum Gasteiger partial charge on any atom is 0.171 e. The second-order valence-electron chi connectivity index (χ2n) is 6.11. The molecule has 2 aromatic rings. The average molecular weight is 327 g/mol. The normalized spacial score (nSPS) is 10.7. The van der Waals surface area contributed by atoms with Crippen molar-refractivity contribution < 1.29 is 0 Å². The van der Waals surface area contributed by atoms with Crippen LogP contribution < -0.4 is 10.6 Å². The number of aryl methyl sites for hydroxylation is 2. The molecule has 2 rings (SSSR count). The highest BCUT2D eigenvalue weighted by atomic mass is 32.1. The molecule has 0 saturated heterocycles. The molecule has 122 valence electrons. The number of hydrogen-bond acceptors (Lipinski definition) is 2. The number of anilines is 1. The zero-order valence-corrected chi connectivity index (χ0v) is 15.1. The van der Waals surface area contributed by atoms with Crippen molar-refractivity contribution in [2.45, 2.75) is 26.9 Å². The van der Waals surface area contributed by atoms with E-state index in [0.717, 1.165) is 18.8 Å². The Balaban J connectivity index is 1.95. The Kier molecular flexibility index (Phi) is 6.13. The first-order valence-electron chi connectivity index (χ1n) is 7.79. The summed E-state index contributed by atoms with van der Waals surface area (Å²) in [6, 6.07) is 14.7. The second kappa shape index (κ2) is 8.09. The zero-order chi connectivity index (χ0) is 16.8. The van der Waals surface area contributed by atoms with Gasteiger partial charge in [0.2, 0.25) is 0 Å². The van der Waals surface area contributed by atoms with Gasteiger partial charge in [0.1, 0.15) is 0 Å². The maximum absolute atomic E-state index is 5.41.